The summed E-state index contributed by atoms with van der Waals surface area (Å²) in [6, 6.07) is 6.23. The highest BCUT2D eigenvalue weighted by molar-refractivity contribution is 5.82. The molecule has 0 radical (unpaired) electrons. The molecule has 1 amide bonds. The largest absolute Gasteiger partial charge is 0.351 e. The molecule has 1 heterocycles. The van der Waals surface area contributed by atoms with E-state index in [0.717, 1.165) is 19.6 Å². The van der Waals surface area contributed by atoms with E-state index in [0.29, 0.717) is 6.54 Å². The smallest absolute Gasteiger partial charge is 0.238 e. The molecule has 1 unspecified atom stereocenters. The highest BCUT2D eigenvalue weighted by Gasteiger charge is 2.22. The molecule has 1 saturated heterocycles. The van der Waals surface area contributed by atoms with Gasteiger partial charge in [-0.1, -0.05) is 23.8 Å². The van der Waals surface area contributed by atoms with Gasteiger partial charge in [-0.25, -0.2) is 0 Å². The fourth-order valence-electron chi connectivity index (χ4n) is 2.42. The van der Waals surface area contributed by atoms with Gasteiger partial charge in [0, 0.05) is 26.2 Å². The molecule has 1 aliphatic rings. The Kier molecular flexibility index (Phi) is 4.56. The van der Waals surface area contributed by atoms with Gasteiger partial charge in [-0.3, -0.25) is 4.79 Å². The number of hydrogen-bond donors (Lipinski definition) is 2. The molecule has 19 heavy (non-hydrogen) atoms. The van der Waals surface area contributed by atoms with E-state index in [1.807, 2.05) is 7.05 Å². The zero-order valence-electron chi connectivity index (χ0n) is 12.0. The quantitative estimate of drug-likeness (QED) is 0.847. The Balaban J connectivity index is 1.89. The zero-order valence-corrected chi connectivity index (χ0v) is 12.0. The lowest BCUT2D eigenvalue weighted by Crippen LogP contribution is -2.55. The molecule has 4 heteroatoms. The number of carbonyl (C=O) groups excluding carboxylic acids is 1. The van der Waals surface area contributed by atoms with Gasteiger partial charge in [-0.2, -0.15) is 0 Å². The number of nitrogens with zero attached hydrogens (tertiary/aromatic N) is 1. The Morgan fingerprint density at radius 3 is 2.95 bits per heavy atom. The summed E-state index contributed by atoms with van der Waals surface area (Å²) in [6.07, 6.45) is 0. The maximum Gasteiger partial charge on any atom is 0.238 e. The number of nitrogens with one attached hydrogen (secondary N) is 2. The van der Waals surface area contributed by atoms with Crippen LogP contribution in [-0.4, -0.2) is 43.5 Å². The SMILES string of the molecule is Cc1ccc(CNC(=O)C2CN(C)CCN2)c(C)c1. The van der Waals surface area contributed by atoms with Crippen LogP contribution in [0.15, 0.2) is 18.2 Å². The molecule has 0 saturated carbocycles. The maximum atomic E-state index is 12.1. The van der Waals surface area contributed by atoms with Crippen molar-refractivity contribution in [2.45, 2.75) is 26.4 Å². The molecular formula is C15H23N3O. The summed E-state index contributed by atoms with van der Waals surface area (Å²) in [5, 5.41) is 6.28. The summed E-state index contributed by atoms with van der Waals surface area (Å²) in [4.78, 5) is 14.3. The average molecular weight is 261 g/mol. The number of benzene rings is 1. The lowest BCUT2D eigenvalue weighted by Gasteiger charge is -2.30. The van der Waals surface area contributed by atoms with Crippen LogP contribution in [0.4, 0.5) is 0 Å². The van der Waals surface area contributed by atoms with Crippen LogP contribution in [0.1, 0.15) is 16.7 Å². The van der Waals surface area contributed by atoms with Gasteiger partial charge in [0.15, 0.2) is 0 Å². The third kappa shape index (κ3) is 3.78. The molecule has 1 atom stereocenters. The first-order chi connectivity index (χ1) is 9.06. The number of piperazine rings is 1. The minimum atomic E-state index is -0.0931. The number of carbonyl (C=O) groups is 1. The normalized spacial score (nSPS) is 20.3. The molecule has 1 aromatic carbocycles. The van der Waals surface area contributed by atoms with Gasteiger partial charge in [0.05, 0.1) is 6.04 Å². The Morgan fingerprint density at radius 2 is 2.26 bits per heavy atom. The lowest BCUT2D eigenvalue weighted by molar-refractivity contribution is -0.124. The zero-order chi connectivity index (χ0) is 13.8. The number of amides is 1. The molecule has 2 N–H and O–H groups in total. The summed E-state index contributed by atoms with van der Waals surface area (Å²) in [6.45, 7) is 7.42. The molecular weight excluding hydrogens is 238 g/mol. The fraction of sp³-hybridized carbons (Fsp3) is 0.533. The molecule has 0 spiro atoms. The second-order valence-corrected chi connectivity index (χ2v) is 5.42. The van der Waals surface area contributed by atoms with Crippen LogP contribution in [0, 0.1) is 13.8 Å². The van der Waals surface area contributed by atoms with Gasteiger partial charge < -0.3 is 15.5 Å². The summed E-state index contributed by atoms with van der Waals surface area (Å²) < 4.78 is 0. The second-order valence-electron chi connectivity index (χ2n) is 5.42. The van der Waals surface area contributed by atoms with E-state index >= 15 is 0 Å². The van der Waals surface area contributed by atoms with E-state index in [-0.39, 0.29) is 11.9 Å². The summed E-state index contributed by atoms with van der Waals surface area (Å²) in [5.74, 6) is 0.0894. The van der Waals surface area contributed by atoms with Crippen LogP contribution < -0.4 is 10.6 Å². The molecule has 4 nitrogen and oxygen atoms in total. The van der Waals surface area contributed by atoms with E-state index in [1.165, 1.54) is 16.7 Å². The average Bonchev–Trinajstić information content (AvgIpc) is 2.37. The first-order valence-electron chi connectivity index (χ1n) is 6.82. The molecule has 104 valence electrons. The topological polar surface area (TPSA) is 44.4 Å². The highest BCUT2D eigenvalue weighted by atomic mass is 16.2. The van der Waals surface area contributed by atoms with E-state index in [4.69, 9.17) is 0 Å². The first-order valence-corrected chi connectivity index (χ1v) is 6.82. The van der Waals surface area contributed by atoms with E-state index in [1.54, 1.807) is 0 Å². The lowest BCUT2D eigenvalue weighted by atomic mass is 10.1. The molecule has 2 rings (SSSR count). The molecule has 0 aliphatic carbocycles. The van der Waals surface area contributed by atoms with Crippen LogP contribution in [0.5, 0.6) is 0 Å². The second kappa shape index (κ2) is 6.17. The standard InChI is InChI=1S/C15H23N3O/c1-11-4-5-13(12(2)8-11)9-17-15(19)14-10-18(3)7-6-16-14/h4-5,8,14,16H,6-7,9-10H2,1-3H3,(H,17,19). The van der Waals surface area contributed by atoms with Crippen LogP contribution in [0.3, 0.4) is 0 Å². The van der Waals surface area contributed by atoms with Gasteiger partial charge in [-0.05, 0) is 32.0 Å². The van der Waals surface area contributed by atoms with Crippen molar-refractivity contribution in [3.05, 3.63) is 34.9 Å². The summed E-state index contributed by atoms with van der Waals surface area (Å²) in [5.41, 5.74) is 3.67. The number of likely N-dealkylation sites (N-methyl/N-ethyl adjacent to an activating group) is 1. The van der Waals surface area contributed by atoms with Gasteiger partial charge in [0.2, 0.25) is 5.91 Å². The van der Waals surface area contributed by atoms with Gasteiger partial charge >= 0.3 is 0 Å². The van der Waals surface area contributed by atoms with Crippen molar-refractivity contribution in [3.63, 3.8) is 0 Å². The summed E-state index contributed by atoms with van der Waals surface area (Å²) in [7, 11) is 2.05. The van der Waals surface area contributed by atoms with E-state index in [2.05, 4.69) is 47.6 Å². The van der Waals surface area contributed by atoms with E-state index in [9.17, 15) is 4.79 Å². The Labute approximate surface area is 115 Å². The Hall–Kier alpha value is -1.39. The van der Waals surface area contributed by atoms with Crippen molar-refractivity contribution >= 4 is 5.91 Å². The van der Waals surface area contributed by atoms with Crippen LogP contribution in [0.2, 0.25) is 0 Å². The van der Waals surface area contributed by atoms with Crippen molar-refractivity contribution in [1.29, 1.82) is 0 Å². The molecule has 0 aromatic heterocycles. The highest BCUT2D eigenvalue weighted by Crippen LogP contribution is 2.10. The minimum Gasteiger partial charge on any atom is -0.351 e. The van der Waals surface area contributed by atoms with Gasteiger partial charge in [0.1, 0.15) is 0 Å². The van der Waals surface area contributed by atoms with Crippen molar-refractivity contribution in [1.82, 2.24) is 15.5 Å². The van der Waals surface area contributed by atoms with Crippen LogP contribution in [-0.2, 0) is 11.3 Å². The third-order valence-corrected chi connectivity index (χ3v) is 3.65. The van der Waals surface area contributed by atoms with E-state index < -0.39 is 0 Å². The number of hydrogen-bond acceptors (Lipinski definition) is 3. The fourth-order valence-corrected chi connectivity index (χ4v) is 2.42. The van der Waals surface area contributed by atoms with Crippen LogP contribution in [0.25, 0.3) is 0 Å². The maximum absolute atomic E-state index is 12.1. The van der Waals surface area contributed by atoms with Crippen molar-refractivity contribution in [2.75, 3.05) is 26.7 Å². The first kappa shape index (κ1) is 14.0. The van der Waals surface area contributed by atoms with Crippen LogP contribution >= 0.6 is 0 Å². The van der Waals surface area contributed by atoms with Gasteiger partial charge in [-0.15, -0.1) is 0 Å². The van der Waals surface area contributed by atoms with Gasteiger partial charge in [0.25, 0.3) is 0 Å². The predicted octanol–water partition coefficient (Wildman–Crippen LogP) is 0.823. The third-order valence-electron chi connectivity index (χ3n) is 3.65. The monoisotopic (exact) mass is 261 g/mol. The minimum absolute atomic E-state index is 0.0894. The number of rotatable bonds is 3. The molecule has 1 aliphatic heterocycles. The molecule has 0 bridgehead atoms. The van der Waals surface area contributed by atoms with Crippen molar-refractivity contribution in [2.24, 2.45) is 0 Å². The number of aryl methyl sites for hydroxylation is 2. The predicted molar refractivity (Wildman–Crippen MR) is 77.1 cm³/mol. The van der Waals surface area contributed by atoms with Crippen molar-refractivity contribution in [3.8, 4) is 0 Å². The molecule has 1 fully saturated rings. The Bertz CT molecular complexity index is 459. The Morgan fingerprint density at radius 1 is 1.47 bits per heavy atom. The van der Waals surface area contributed by atoms with Crippen molar-refractivity contribution < 1.29 is 4.79 Å². The summed E-state index contributed by atoms with van der Waals surface area (Å²) >= 11 is 0. The molecule has 1 aromatic rings.